The minimum absolute atomic E-state index is 0.0363. The van der Waals surface area contributed by atoms with Gasteiger partial charge in [0, 0.05) is 5.56 Å². The number of aromatic nitrogens is 3. The number of hydrogen-bond donors (Lipinski definition) is 0. The SMILES string of the molecule is N#CCOc1ccc(/C=N\n2cnnc2-c2ccccc2)cc1. The topological polar surface area (TPSA) is 76.1 Å². The number of nitrogens with zero attached hydrogens (tertiary/aromatic N) is 5. The molecule has 0 amide bonds. The predicted molar refractivity (Wildman–Crippen MR) is 86.0 cm³/mol. The van der Waals surface area contributed by atoms with Gasteiger partial charge in [0.1, 0.15) is 18.1 Å². The van der Waals surface area contributed by atoms with Crippen molar-refractivity contribution in [3.05, 3.63) is 66.5 Å². The van der Waals surface area contributed by atoms with Crippen LogP contribution in [0, 0.1) is 11.3 Å². The first-order valence-corrected chi connectivity index (χ1v) is 6.96. The van der Waals surface area contributed by atoms with Crippen LogP contribution in [-0.4, -0.2) is 27.7 Å². The summed E-state index contributed by atoms with van der Waals surface area (Å²) in [6.45, 7) is 0.0363. The van der Waals surface area contributed by atoms with Gasteiger partial charge in [0.05, 0.1) is 6.21 Å². The number of nitriles is 1. The summed E-state index contributed by atoms with van der Waals surface area (Å²) in [5, 5.41) is 20.9. The lowest BCUT2D eigenvalue weighted by molar-refractivity contribution is 0.368. The summed E-state index contributed by atoms with van der Waals surface area (Å²) in [5.41, 5.74) is 1.85. The number of rotatable bonds is 5. The average molecular weight is 303 g/mol. The van der Waals surface area contributed by atoms with Gasteiger partial charge >= 0.3 is 0 Å². The zero-order valence-electron chi connectivity index (χ0n) is 12.2. The summed E-state index contributed by atoms with van der Waals surface area (Å²) in [4.78, 5) is 0. The quantitative estimate of drug-likeness (QED) is 0.679. The average Bonchev–Trinajstić information content (AvgIpc) is 3.08. The van der Waals surface area contributed by atoms with Crippen molar-refractivity contribution in [1.82, 2.24) is 14.9 Å². The van der Waals surface area contributed by atoms with E-state index in [9.17, 15) is 0 Å². The first-order chi connectivity index (χ1) is 11.4. The fraction of sp³-hybridized carbons (Fsp3) is 0.0588. The molecule has 23 heavy (non-hydrogen) atoms. The molecule has 0 N–H and O–H groups in total. The van der Waals surface area contributed by atoms with E-state index in [2.05, 4.69) is 15.3 Å². The summed E-state index contributed by atoms with van der Waals surface area (Å²) in [6.07, 6.45) is 3.27. The van der Waals surface area contributed by atoms with Gasteiger partial charge in [-0.3, -0.25) is 0 Å². The Morgan fingerprint density at radius 2 is 1.91 bits per heavy atom. The van der Waals surface area contributed by atoms with E-state index in [-0.39, 0.29) is 6.61 Å². The predicted octanol–water partition coefficient (Wildman–Crippen LogP) is 2.73. The Labute approximate surface area is 133 Å². The van der Waals surface area contributed by atoms with E-state index in [0.29, 0.717) is 11.6 Å². The van der Waals surface area contributed by atoms with E-state index in [1.165, 1.54) is 0 Å². The van der Waals surface area contributed by atoms with Crippen LogP contribution in [-0.2, 0) is 0 Å². The van der Waals surface area contributed by atoms with Gasteiger partial charge in [0.25, 0.3) is 0 Å². The molecule has 3 rings (SSSR count). The molecule has 0 bridgehead atoms. The molecule has 0 aliphatic carbocycles. The Morgan fingerprint density at radius 1 is 1.13 bits per heavy atom. The molecule has 0 atom stereocenters. The molecule has 0 spiro atoms. The van der Waals surface area contributed by atoms with Crippen molar-refractivity contribution in [1.29, 1.82) is 5.26 Å². The molecular weight excluding hydrogens is 290 g/mol. The minimum Gasteiger partial charge on any atom is -0.479 e. The fourth-order valence-electron chi connectivity index (χ4n) is 1.99. The third-order valence-corrected chi connectivity index (χ3v) is 3.08. The maximum Gasteiger partial charge on any atom is 0.184 e. The van der Waals surface area contributed by atoms with Crippen molar-refractivity contribution in [2.75, 3.05) is 6.61 Å². The molecule has 0 radical (unpaired) electrons. The van der Waals surface area contributed by atoms with Gasteiger partial charge < -0.3 is 4.74 Å². The Balaban J connectivity index is 1.76. The van der Waals surface area contributed by atoms with E-state index < -0.39 is 0 Å². The van der Waals surface area contributed by atoms with Crippen LogP contribution in [0.25, 0.3) is 11.4 Å². The van der Waals surface area contributed by atoms with Gasteiger partial charge in [0.2, 0.25) is 0 Å². The molecule has 0 saturated heterocycles. The highest BCUT2D eigenvalue weighted by Crippen LogP contribution is 2.15. The van der Waals surface area contributed by atoms with Crippen LogP contribution >= 0.6 is 0 Å². The van der Waals surface area contributed by atoms with E-state index in [1.807, 2.05) is 48.5 Å². The highest BCUT2D eigenvalue weighted by atomic mass is 16.5. The second-order valence-electron chi connectivity index (χ2n) is 4.63. The third-order valence-electron chi connectivity index (χ3n) is 3.08. The first-order valence-electron chi connectivity index (χ1n) is 6.96. The summed E-state index contributed by atoms with van der Waals surface area (Å²) < 4.78 is 6.83. The van der Waals surface area contributed by atoms with E-state index >= 15 is 0 Å². The highest BCUT2D eigenvalue weighted by Gasteiger charge is 2.05. The van der Waals surface area contributed by atoms with Crippen LogP contribution in [0.2, 0.25) is 0 Å². The van der Waals surface area contributed by atoms with Crippen molar-refractivity contribution in [3.8, 4) is 23.2 Å². The van der Waals surface area contributed by atoms with Crippen LogP contribution in [0.3, 0.4) is 0 Å². The normalized spacial score (nSPS) is 10.6. The van der Waals surface area contributed by atoms with Crippen LogP contribution < -0.4 is 4.74 Å². The summed E-state index contributed by atoms with van der Waals surface area (Å²) >= 11 is 0. The van der Waals surface area contributed by atoms with Crippen molar-refractivity contribution in [2.24, 2.45) is 5.10 Å². The largest absolute Gasteiger partial charge is 0.479 e. The van der Waals surface area contributed by atoms with Gasteiger partial charge in [-0.1, -0.05) is 30.3 Å². The van der Waals surface area contributed by atoms with Crippen molar-refractivity contribution < 1.29 is 4.74 Å². The van der Waals surface area contributed by atoms with Gasteiger partial charge in [-0.15, -0.1) is 10.2 Å². The molecule has 6 heteroatoms. The highest BCUT2D eigenvalue weighted by molar-refractivity contribution is 5.79. The molecule has 1 heterocycles. The smallest absolute Gasteiger partial charge is 0.184 e. The van der Waals surface area contributed by atoms with E-state index in [0.717, 1.165) is 11.1 Å². The van der Waals surface area contributed by atoms with Crippen LogP contribution in [0.15, 0.2) is 66.0 Å². The molecule has 1 aromatic heterocycles. The van der Waals surface area contributed by atoms with Gasteiger partial charge in [0.15, 0.2) is 12.4 Å². The molecule has 6 nitrogen and oxygen atoms in total. The van der Waals surface area contributed by atoms with Crippen LogP contribution in [0.4, 0.5) is 0 Å². The molecule has 0 aliphatic heterocycles. The second kappa shape index (κ2) is 7.00. The Kier molecular flexibility index (Phi) is 4.41. The summed E-state index contributed by atoms with van der Waals surface area (Å²) in [7, 11) is 0. The maximum atomic E-state index is 8.48. The maximum absolute atomic E-state index is 8.48. The Hall–Kier alpha value is -3.46. The number of benzene rings is 2. The summed E-state index contributed by atoms with van der Waals surface area (Å²) in [6, 6.07) is 19.0. The minimum atomic E-state index is 0.0363. The third kappa shape index (κ3) is 3.60. The molecule has 0 fully saturated rings. The first kappa shape index (κ1) is 14.5. The Bertz CT molecular complexity index is 831. The zero-order valence-corrected chi connectivity index (χ0v) is 12.2. The summed E-state index contributed by atoms with van der Waals surface area (Å²) in [5.74, 6) is 1.33. The lowest BCUT2D eigenvalue weighted by atomic mass is 10.2. The fourth-order valence-corrected chi connectivity index (χ4v) is 1.99. The van der Waals surface area contributed by atoms with E-state index in [1.54, 1.807) is 29.4 Å². The molecule has 0 saturated carbocycles. The number of ether oxygens (including phenoxy) is 1. The molecular formula is C17H13N5O. The lowest BCUT2D eigenvalue weighted by Crippen LogP contribution is -1.95. The number of hydrogen-bond acceptors (Lipinski definition) is 5. The lowest BCUT2D eigenvalue weighted by Gasteiger charge is -2.02. The zero-order chi connectivity index (χ0) is 15.9. The molecule has 3 aromatic rings. The van der Waals surface area contributed by atoms with Crippen molar-refractivity contribution in [2.45, 2.75) is 0 Å². The standard InChI is InChI=1S/C17H13N5O/c18-10-11-23-16-8-6-14(7-9-16)12-20-22-13-19-21-17(22)15-4-2-1-3-5-15/h1-9,12-13H,11H2/b20-12-. The second-order valence-corrected chi connectivity index (χ2v) is 4.63. The molecule has 0 aliphatic rings. The van der Waals surface area contributed by atoms with Crippen LogP contribution in [0.1, 0.15) is 5.56 Å². The molecule has 0 unspecified atom stereocenters. The van der Waals surface area contributed by atoms with Crippen molar-refractivity contribution in [3.63, 3.8) is 0 Å². The Morgan fingerprint density at radius 3 is 2.65 bits per heavy atom. The van der Waals surface area contributed by atoms with Crippen molar-refractivity contribution >= 4 is 6.21 Å². The molecule has 112 valence electrons. The van der Waals surface area contributed by atoms with Crippen LogP contribution in [0.5, 0.6) is 5.75 Å². The van der Waals surface area contributed by atoms with Gasteiger partial charge in [-0.25, -0.2) is 0 Å². The van der Waals surface area contributed by atoms with Gasteiger partial charge in [-0.2, -0.15) is 15.0 Å². The van der Waals surface area contributed by atoms with E-state index in [4.69, 9.17) is 10.00 Å². The van der Waals surface area contributed by atoms with Gasteiger partial charge in [-0.05, 0) is 29.8 Å². The monoisotopic (exact) mass is 303 g/mol. The molecule has 2 aromatic carbocycles.